The fraction of sp³-hybridized carbons (Fsp3) is 0.138. The van der Waals surface area contributed by atoms with Gasteiger partial charge in [0.05, 0.1) is 38.4 Å². The van der Waals surface area contributed by atoms with Gasteiger partial charge in [-0.05, 0) is 29.8 Å². The number of imide groups is 3. The summed E-state index contributed by atoms with van der Waals surface area (Å²) in [6, 6.07) is 17.7. The summed E-state index contributed by atoms with van der Waals surface area (Å²) in [5.41, 5.74) is 1.81. The largest absolute Gasteiger partial charge is 0.496 e. The minimum Gasteiger partial charge on any atom is -0.496 e. The van der Waals surface area contributed by atoms with E-state index >= 15 is 0 Å². The number of carbonyl (C=O) groups is 5. The van der Waals surface area contributed by atoms with Crippen LogP contribution in [0, 0.1) is 0 Å². The number of rotatable bonds is 7. The Hall–Kier alpha value is -5.25. The Balaban J connectivity index is 1.50. The van der Waals surface area contributed by atoms with Gasteiger partial charge >= 0.3 is 6.03 Å². The third kappa shape index (κ3) is 4.63. The van der Waals surface area contributed by atoms with Gasteiger partial charge in [0.25, 0.3) is 23.6 Å². The Kier molecular flexibility index (Phi) is 6.68. The van der Waals surface area contributed by atoms with Crippen molar-refractivity contribution >= 4 is 35.7 Å². The van der Waals surface area contributed by atoms with E-state index in [1.165, 1.54) is 26.4 Å². The van der Waals surface area contributed by atoms with Crippen molar-refractivity contribution in [2.24, 2.45) is 0 Å². The zero-order valence-electron chi connectivity index (χ0n) is 21.1. The van der Waals surface area contributed by atoms with E-state index in [9.17, 15) is 24.0 Å². The van der Waals surface area contributed by atoms with Crippen molar-refractivity contribution in [2.45, 2.75) is 13.1 Å². The van der Waals surface area contributed by atoms with Crippen LogP contribution >= 0.6 is 0 Å². The number of carbonyl (C=O) groups excluding carboxylic acids is 5. The van der Waals surface area contributed by atoms with Gasteiger partial charge in [0.15, 0.2) is 0 Å². The van der Waals surface area contributed by atoms with E-state index in [4.69, 9.17) is 9.47 Å². The van der Waals surface area contributed by atoms with E-state index in [-0.39, 0.29) is 24.4 Å². The smallest absolute Gasteiger partial charge is 0.331 e. The van der Waals surface area contributed by atoms with Crippen LogP contribution in [0.4, 0.5) is 4.79 Å². The number of ether oxygens (including phenoxy) is 2. The van der Waals surface area contributed by atoms with Crippen LogP contribution in [0.25, 0.3) is 6.08 Å². The second kappa shape index (κ2) is 10.3. The maximum Gasteiger partial charge on any atom is 0.331 e. The third-order valence-corrected chi connectivity index (χ3v) is 6.51. The first-order valence-corrected chi connectivity index (χ1v) is 11.9. The molecular weight excluding hydrogens is 502 g/mol. The minimum absolute atomic E-state index is 0.0269. The fourth-order valence-corrected chi connectivity index (χ4v) is 4.54. The van der Waals surface area contributed by atoms with Crippen LogP contribution in [0.15, 0.2) is 72.3 Å². The van der Waals surface area contributed by atoms with Crippen molar-refractivity contribution in [1.82, 2.24) is 15.1 Å². The summed E-state index contributed by atoms with van der Waals surface area (Å²) in [7, 11) is 2.85. The molecule has 0 aromatic heterocycles. The Labute approximate surface area is 223 Å². The highest BCUT2D eigenvalue weighted by Gasteiger charge is 2.37. The Morgan fingerprint density at radius 1 is 0.718 bits per heavy atom. The van der Waals surface area contributed by atoms with Gasteiger partial charge in [-0.15, -0.1) is 0 Å². The van der Waals surface area contributed by atoms with Crippen LogP contribution in [0.5, 0.6) is 11.5 Å². The molecule has 1 N–H and O–H groups in total. The molecule has 2 aliphatic heterocycles. The van der Waals surface area contributed by atoms with Gasteiger partial charge in [0.1, 0.15) is 17.1 Å². The molecule has 0 unspecified atom stereocenters. The minimum atomic E-state index is -0.853. The molecule has 1 saturated heterocycles. The predicted molar refractivity (Wildman–Crippen MR) is 139 cm³/mol. The van der Waals surface area contributed by atoms with Gasteiger partial charge in [0, 0.05) is 17.2 Å². The first kappa shape index (κ1) is 25.4. The predicted octanol–water partition coefficient (Wildman–Crippen LogP) is 3.16. The van der Waals surface area contributed by atoms with Crippen LogP contribution in [-0.4, -0.2) is 53.7 Å². The average molecular weight is 526 g/mol. The van der Waals surface area contributed by atoms with Crippen molar-refractivity contribution in [1.29, 1.82) is 0 Å². The van der Waals surface area contributed by atoms with Crippen LogP contribution in [0.1, 0.15) is 37.4 Å². The topological polar surface area (TPSA) is 122 Å². The van der Waals surface area contributed by atoms with Crippen molar-refractivity contribution in [3.05, 3.63) is 100 Å². The standard InChI is InChI=1S/C29H23N3O7/c1-38-23-14-24(39-2)19(16-31-26(34)20-10-6-7-11-21(20)27(31)35)12-18(23)13-22-25(33)30-29(37)32(28(22)36)15-17-8-4-3-5-9-17/h3-14H,15-16H2,1-2H3,(H,30,33,37). The van der Waals surface area contributed by atoms with Crippen LogP contribution < -0.4 is 14.8 Å². The van der Waals surface area contributed by atoms with E-state index in [2.05, 4.69) is 5.32 Å². The SMILES string of the molecule is COc1cc(OC)c(CN2C(=O)c3ccccc3C2=O)cc1C=C1C(=O)NC(=O)N(Cc2ccccc2)C1=O. The number of nitrogens with zero attached hydrogens (tertiary/aromatic N) is 2. The van der Waals surface area contributed by atoms with E-state index in [0.29, 0.717) is 33.6 Å². The Morgan fingerprint density at radius 3 is 1.95 bits per heavy atom. The monoisotopic (exact) mass is 525 g/mol. The van der Waals surface area contributed by atoms with Crippen molar-refractivity contribution in [2.75, 3.05) is 14.2 Å². The summed E-state index contributed by atoms with van der Waals surface area (Å²) >= 11 is 0. The quantitative estimate of drug-likeness (QED) is 0.286. The highest BCUT2D eigenvalue weighted by molar-refractivity contribution is 6.31. The molecule has 0 spiro atoms. The van der Waals surface area contributed by atoms with E-state index < -0.39 is 29.7 Å². The van der Waals surface area contributed by atoms with Gasteiger partial charge in [-0.3, -0.25) is 34.3 Å². The summed E-state index contributed by atoms with van der Waals surface area (Å²) in [5, 5.41) is 2.20. The summed E-state index contributed by atoms with van der Waals surface area (Å²) < 4.78 is 10.9. The molecule has 196 valence electrons. The molecule has 0 aliphatic carbocycles. The average Bonchev–Trinajstić information content (AvgIpc) is 3.18. The molecule has 10 heteroatoms. The van der Waals surface area contributed by atoms with Crippen LogP contribution in [-0.2, 0) is 22.7 Å². The van der Waals surface area contributed by atoms with Gasteiger partial charge in [-0.25, -0.2) is 4.79 Å². The number of benzene rings is 3. The third-order valence-electron chi connectivity index (χ3n) is 6.51. The first-order valence-electron chi connectivity index (χ1n) is 11.9. The maximum atomic E-state index is 13.3. The molecule has 3 aromatic rings. The number of barbiturate groups is 1. The van der Waals surface area contributed by atoms with E-state index in [1.807, 2.05) is 6.07 Å². The fourth-order valence-electron chi connectivity index (χ4n) is 4.54. The molecule has 2 heterocycles. The molecule has 3 aromatic carbocycles. The molecule has 0 atom stereocenters. The highest BCUT2D eigenvalue weighted by atomic mass is 16.5. The zero-order chi connectivity index (χ0) is 27.7. The Morgan fingerprint density at radius 2 is 1.33 bits per heavy atom. The number of hydrogen-bond acceptors (Lipinski definition) is 7. The van der Waals surface area contributed by atoms with Gasteiger partial charge in [0.2, 0.25) is 0 Å². The van der Waals surface area contributed by atoms with E-state index in [0.717, 1.165) is 9.80 Å². The number of amides is 6. The number of hydrogen-bond donors (Lipinski definition) is 1. The molecular formula is C29H23N3O7. The van der Waals surface area contributed by atoms with Crippen molar-refractivity contribution in [3.8, 4) is 11.5 Å². The number of fused-ring (bicyclic) bond motifs is 1. The zero-order valence-corrected chi connectivity index (χ0v) is 21.1. The molecule has 5 rings (SSSR count). The number of urea groups is 1. The molecule has 6 amide bonds. The lowest BCUT2D eigenvalue weighted by Gasteiger charge is -2.26. The molecule has 0 bridgehead atoms. The van der Waals surface area contributed by atoms with Gasteiger partial charge < -0.3 is 9.47 Å². The molecule has 10 nitrogen and oxygen atoms in total. The molecule has 0 radical (unpaired) electrons. The van der Waals surface area contributed by atoms with Crippen molar-refractivity contribution in [3.63, 3.8) is 0 Å². The lowest BCUT2D eigenvalue weighted by molar-refractivity contribution is -0.130. The van der Waals surface area contributed by atoms with Gasteiger partial charge in [-0.2, -0.15) is 0 Å². The Bertz CT molecular complexity index is 1530. The lowest BCUT2D eigenvalue weighted by atomic mass is 10.0. The van der Waals surface area contributed by atoms with Crippen LogP contribution in [0.2, 0.25) is 0 Å². The molecule has 39 heavy (non-hydrogen) atoms. The number of nitrogens with one attached hydrogen (secondary N) is 1. The highest BCUT2D eigenvalue weighted by Crippen LogP contribution is 2.34. The van der Waals surface area contributed by atoms with Gasteiger partial charge in [-0.1, -0.05) is 42.5 Å². The van der Waals surface area contributed by atoms with E-state index in [1.54, 1.807) is 54.6 Å². The summed E-state index contributed by atoms with van der Waals surface area (Å²) in [4.78, 5) is 66.3. The summed E-state index contributed by atoms with van der Waals surface area (Å²) in [6.07, 6.45) is 1.31. The number of methoxy groups -OCH3 is 2. The lowest BCUT2D eigenvalue weighted by Crippen LogP contribution is -2.53. The maximum absolute atomic E-state index is 13.3. The second-order valence-electron chi connectivity index (χ2n) is 8.84. The second-order valence-corrected chi connectivity index (χ2v) is 8.84. The molecule has 1 fully saturated rings. The summed E-state index contributed by atoms with van der Waals surface area (Å²) in [5.74, 6) is -1.89. The summed E-state index contributed by atoms with van der Waals surface area (Å²) in [6.45, 7) is -0.144. The molecule has 2 aliphatic rings. The normalized spacial score (nSPS) is 16.1. The van der Waals surface area contributed by atoms with Crippen molar-refractivity contribution < 1.29 is 33.4 Å². The first-order chi connectivity index (χ1) is 18.8. The van der Waals surface area contributed by atoms with Crippen LogP contribution in [0.3, 0.4) is 0 Å². The molecule has 0 saturated carbocycles.